The minimum Gasteiger partial charge on any atom is -0.399 e. The first-order valence-electron chi connectivity index (χ1n) is 13.0. The standard InChI is InChI=1S/C29H30N8O/c30-22-10-11-26-25(17-22)33-19-37(26)27-13-15-32-28(35-27)31-14-12-20-5-4-16-36(18-20)29(38)34-24-9-3-7-21-6-1-2-8-23(21)24/h1-3,6-11,13,15,17,19-20H,4-5,12,14,16,18,30H2,(H,34,38)(H,31,32,35). The molecule has 1 aliphatic rings. The minimum absolute atomic E-state index is 0.0376. The first-order valence-corrected chi connectivity index (χ1v) is 13.0. The number of carbonyl (C=O) groups is 1. The Labute approximate surface area is 220 Å². The number of aromatic nitrogens is 4. The van der Waals surface area contributed by atoms with Gasteiger partial charge in [0.25, 0.3) is 0 Å². The molecule has 1 unspecified atom stereocenters. The third kappa shape index (κ3) is 4.95. The second kappa shape index (κ2) is 10.4. The van der Waals surface area contributed by atoms with Gasteiger partial charge in [-0.05, 0) is 60.9 Å². The number of hydrogen-bond donors (Lipinski definition) is 3. The molecule has 9 nitrogen and oxygen atoms in total. The van der Waals surface area contributed by atoms with Crippen LogP contribution < -0.4 is 16.4 Å². The maximum absolute atomic E-state index is 13.1. The minimum atomic E-state index is -0.0376. The van der Waals surface area contributed by atoms with Crippen LogP contribution in [0.2, 0.25) is 0 Å². The summed E-state index contributed by atoms with van der Waals surface area (Å²) in [4.78, 5) is 28.5. The average molecular weight is 507 g/mol. The summed E-state index contributed by atoms with van der Waals surface area (Å²) in [5, 5.41) is 8.66. The molecule has 5 aromatic rings. The molecule has 0 radical (unpaired) electrons. The molecule has 0 bridgehead atoms. The van der Waals surface area contributed by atoms with Crippen LogP contribution in [0.4, 0.5) is 22.1 Å². The van der Waals surface area contributed by atoms with Gasteiger partial charge in [-0.1, -0.05) is 36.4 Å². The summed E-state index contributed by atoms with van der Waals surface area (Å²) in [6, 6.07) is 21.6. The average Bonchev–Trinajstić information content (AvgIpc) is 3.37. The van der Waals surface area contributed by atoms with E-state index in [0.717, 1.165) is 72.2 Å². The normalized spacial score (nSPS) is 15.6. The number of carbonyl (C=O) groups excluding carboxylic acids is 1. The fourth-order valence-corrected chi connectivity index (χ4v) is 5.18. The van der Waals surface area contributed by atoms with E-state index in [0.29, 0.717) is 17.6 Å². The van der Waals surface area contributed by atoms with Gasteiger partial charge >= 0.3 is 6.03 Å². The van der Waals surface area contributed by atoms with Crippen molar-refractivity contribution >= 4 is 45.2 Å². The number of nitrogens with one attached hydrogen (secondary N) is 2. The molecule has 3 heterocycles. The van der Waals surface area contributed by atoms with E-state index in [1.165, 1.54) is 0 Å². The highest BCUT2D eigenvalue weighted by molar-refractivity contribution is 6.01. The van der Waals surface area contributed by atoms with Crippen LogP contribution in [0.3, 0.4) is 0 Å². The highest BCUT2D eigenvalue weighted by Crippen LogP contribution is 2.25. The van der Waals surface area contributed by atoms with Gasteiger partial charge in [-0.2, -0.15) is 4.98 Å². The number of imidazole rings is 1. The first kappa shape index (κ1) is 23.7. The van der Waals surface area contributed by atoms with Crippen LogP contribution in [-0.4, -0.2) is 50.1 Å². The Balaban J connectivity index is 1.05. The molecule has 4 N–H and O–H groups in total. The molecule has 38 heavy (non-hydrogen) atoms. The van der Waals surface area contributed by atoms with Gasteiger partial charge in [0.15, 0.2) is 0 Å². The number of anilines is 3. The van der Waals surface area contributed by atoms with Gasteiger partial charge in [0.2, 0.25) is 5.95 Å². The molecule has 6 rings (SSSR count). The van der Waals surface area contributed by atoms with E-state index in [4.69, 9.17) is 5.73 Å². The van der Waals surface area contributed by atoms with Crippen molar-refractivity contribution in [2.75, 3.05) is 36.0 Å². The van der Waals surface area contributed by atoms with Gasteiger partial charge in [-0.3, -0.25) is 4.57 Å². The highest BCUT2D eigenvalue weighted by atomic mass is 16.2. The number of piperidine rings is 1. The number of amides is 2. The van der Waals surface area contributed by atoms with E-state index >= 15 is 0 Å². The molecule has 0 spiro atoms. The smallest absolute Gasteiger partial charge is 0.321 e. The van der Waals surface area contributed by atoms with E-state index in [9.17, 15) is 4.79 Å². The Bertz CT molecular complexity index is 1590. The lowest BCUT2D eigenvalue weighted by atomic mass is 9.95. The van der Waals surface area contributed by atoms with Crippen LogP contribution >= 0.6 is 0 Å². The molecule has 2 amide bonds. The monoisotopic (exact) mass is 506 g/mol. The third-order valence-electron chi connectivity index (χ3n) is 7.13. The van der Waals surface area contributed by atoms with Gasteiger partial charge in [0.05, 0.1) is 16.7 Å². The van der Waals surface area contributed by atoms with Gasteiger partial charge in [0.1, 0.15) is 12.1 Å². The van der Waals surface area contributed by atoms with Crippen molar-refractivity contribution in [3.8, 4) is 5.82 Å². The van der Waals surface area contributed by atoms with Crippen molar-refractivity contribution in [3.63, 3.8) is 0 Å². The molecule has 1 fully saturated rings. The predicted molar refractivity (Wildman–Crippen MR) is 151 cm³/mol. The summed E-state index contributed by atoms with van der Waals surface area (Å²) in [7, 11) is 0. The third-order valence-corrected chi connectivity index (χ3v) is 7.13. The molecule has 1 atom stereocenters. The van der Waals surface area contributed by atoms with Crippen molar-refractivity contribution < 1.29 is 4.79 Å². The second-order valence-electron chi connectivity index (χ2n) is 9.73. The molecule has 3 aromatic carbocycles. The maximum Gasteiger partial charge on any atom is 0.321 e. The second-order valence-corrected chi connectivity index (χ2v) is 9.73. The number of nitrogens with two attached hydrogens (primary N) is 1. The molecule has 0 aliphatic carbocycles. The zero-order valence-corrected chi connectivity index (χ0v) is 21.0. The Morgan fingerprint density at radius 2 is 1.95 bits per heavy atom. The van der Waals surface area contributed by atoms with E-state index in [2.05, 4.69) is 37.7 Å². The number of likely N-dealkylation sites (tertiary alicyclic amines) is 1. The molecular weight excluding hydrogens is 476 g/mol. The topological polar surface area (TPSA) is 114 Å². The largest absolute Gasteiger partial charge is 0.399 e. The summed E-state index contributed by atoms with van der Waals surface area (Å²) in [5.41, 5.74) is 9.17. The summed E-state index contributed by atoms with van der Waals surface area (Å²) in [5.74, 6) is 1.73. The van der Waals surface area contributed by atoms with Crippen molar-refractivity contribution in [3.05, 3.63) is 79.3 Å². The number of nitrogens with zero attached hydrogens (tertiary/aromatic N) is 5. The van der Waals surface area contributed by atoms with Crippen LogP contribution in [0.1, 0.15) is 19.3 Å². The summed E-state index contributed by atoms with van der Waals surface area (Å²) >= 11 is 0. The van der Waals surface area contributed by atoms with Crippen molar-refractivity contribution in [2.45, 2.75) is 19.3 Å². The van der Waals surface area contributed by atoms with Gasteiger partial charge in [0, 0.05) is 36.9 Å². The lowest BCUT2D eigenvalue weighted by Gasteiger charge is -2.33. The van der Waals surface area contributed by atoms with Crippen LogP contribution in [0.15, 0.2) is 79.3 Å². The quantitative estimate of drug-likeness (QED) is 0.269. The van der Waals surface area contributed by atoms with Gasteiger partial charge in [-0.25, -0.2) is 14.8 Å². The molecule has 0 saturated carbocycles. The predicted octanol–water partition coefficient (Wildman–Crippen LogP) is 5.30. The number of rotatable bonds is 6. The first-order chi connectivity index (χ1) is 18.6. The molecule has 9 heteroatoms. The Kier molecular flexibility index (Phi) is 6.47. The van der Waals surface area contributed by atoms with Crippen LogP contribution in [0.25, 0.3) is 27.6 Å². The van der Waals surface area contributed by atoms with Crippen molar-refractivity contribution in [2.24, 2.45) is 5.92 Å². The van der Waals surface area contributed by atoms with Gasteiger partial charge < -0.3 is 21.3 Å². The summed E-state index contributed by atoms with van der Waals surface area (Å²) in [6.45, 7) is 2.24. The van der Waals surface area contributed by atoms with Crippen LogP contribution in [-0.2, 0) is 0 Å². The summed E-state index contributed by atoms with van der Waals surface area (Å²) in [6.07, 6.45) is 6.52. The molecule has 1 aliphatic heterocycles. The number of urea groups is 1. The Morgan fingerprint density at radius 1 is 1.05 bits per heavy atom. The van der Waals surface area contributed by atoms with E-state index < -0.39 is 0 Å². The number of hydrogen-bond acceptors (Lipinski definition) is 6. The fraction of sp³-hybridized carbons (Fsp3) is 0.241. The fourth-order valence-electron chi connectivity index (χ4n) is 5.18. The van der Waals surface area contributed by atoms with E-state index in [1.807, 2.05) is 64.1 Å². The van der Waals surface area contributed by atoms with Crippen LogP contribution in [0.5, 0.6) is 0 Å². The Hall–Kier alpha value is -4.66. The van der Waals surface area contributed by atoms with E-state index in [-0.39, 0.29) is 6.03 Å². The SMILES string of the molecule is Nc1ccc2c(c1)ncn2-c1ccnc(NCCC2CCCN(C(=O)Nc3cccc4ccccc34)C2)n1. The molecular formula is C29H30N8O. The van der Waals surface area contributed by atoms with Crippen molar-refractivity contribution in [1.82, 2.24) is 24.4 Å². The molecule has 2 aromatic heterocycles. The highest BCUT2D eigenvalue weighted by Gasteiger charge is 2.24. The zero-order valence-electron chi connectivity index (χ0n) is 21.0. The molecule has 192 valence electrons. The molecule has 1 saturated heterocycles. The maximum atomic E-state index is 13.1. The van der Waals surface area contributed by atoms with Crippen LogP contribution in [0, 0.1) is 5.92 Å². The van der Waals surface area contributed by atoms with E-state index in [1.54, 1.807) is 12.5 Å². The lowest BCUT2D eigenvalue weighted by Crippen LogP contribution is -2.42. The zero-order chi connectivity index (χ0) is 25.9. The number of nitrogen functional groups attached to an aromatic ring is 1. The summed E-state index contributed by atoms with van der Waals surface area (Å²) < 4.78 is 1.93. The number of benzene rings is 3. The van der Waals surface area contributed by atoms with Gasteiger partial charge in [-0.15, -0.1) is 0 Å². The lowest BCUT2D eigenvalue weighted by molar-refractivity contribution is 0.175. The van der Waals surface area contributed by atoms with Crippen molar-refractivity contribution in [1.29, 1.82) is 0 Å². The number of fused-ring (bicyclic) bond motifs is 2. The Morgan fingerprint density at radius 3 is 2.89 bits per heavy atom.